The minimum Gasteiger partial charge on any atom is -0.466 e. The van der Waals surface area contributed by atoms with E-state index in [0.717, 1.165) is 0 Å². The van der Waals surface area contributed by atoms with Crippen LogP contribution in [0.15, 0.2) is 0 Å². The van der Waals surface area contributed by atoms with E-state index >= 15 is 0 Å². The molecular weight excluding hydrogens is 256 g/mol. The number of hydrogen-bond donors (Lipinski definition) is 0. The molecule has 0 aromatic heterocycles. The van der Waals surface area contributed by atoms with Gasteiger partial charge in [0.1, 0.15) is 5.92 Å². The van der Waals surface area contributed by atoms with Crippen LogP contribution in [0.5, 0.6) is 0 Å². The van der Waals surface area contributed by atoms with Gasteiger partial charge in [0.2, 0.25) is 0 Å². The zero-order chi connectivity index (χ0) is 14.8. The summed E-state index contributed by atoms with van der Waals surface area (Å²) in [5, 5.41) is 0. The Hall–Kier alpha value is -1.92. The molecule has 0 spiro atoms. The maximum absolute atomic E-state index is 11.7. The minimum atomic E-state index is -1.52. The third-order valence-electron chi connectivity index (χ3n) is 2.04. The lowest BCUT2D eigenvalue weighted by Crippen LogP contribution is -2.35. The average Bonchev–Trinajstić information content (AvgIpc) is 2.36. The van der Waals surface area contributed by atoms with Crippen LogP contribution >= 0.6 is 0 Å². The minimum absolute atomic E-state index is 0.000471. The summed E-state index contributed by atoms with van der Waals surface area (Å²) in [6, 6.07) is 0. The number of rotatable bonds is 8. The van der Waals surface area contributed by atoms with Crippen LogP contribution in [0, 0.1) is 5.92 Å². The normalized spacial score (nSPS) is 11.3. The Labute approximate surface area is 111 Å². The second kappa shape index (κ2) is 9.07. The van der Waals surface area contributed by atoms with Crippen molar-refractivity contribution in [1.29, 1.82) is 0 Å². The van der Waals surface area contributed by atoms with Crippen molar-refractivity contribution in [3.05, 3.63) is 0 Å². The van der Waals surface area contributed by atoms with E-state index in [1.807, 2.05) is 0 Å². The van der Waals surface area contributed by atoms with Crippen molar-refractivity contribution in [1.82, 2.24) is 0 Å². The van der Waals surface area contributed by atoms with Gasteiger partial charge in [-0.2, -0.15) is 0 Å². The summed E-state index contributed by atoms with van der Waals surface area (Å²) < 4.78 is 13.8. The van der Waals surface area contributed by atoms with Crippen molar-refractivity contribution in [2.75, 3.05) is 19.8 Å². The van der Waals surface area contributed by atoms with Crippen molar-refractivity contribution >= 4 is 23.7 Å². The van der Waals surface area contributed by atoms with Crippen LogP contribution < -0.4 is 0 Å². The number of carbonyl (C=O) groups excluding carboxylic acids is 4. The quantitative estimate of drug-likeness (QED) is 0.271. The second-order valence-electron chi connectivity index (χ2n) is 3.40. The summed E-state index contributed by atoms with van der Waals surface area (Å²) >= 11 is 0. The van der Waals surface area contributed by atoms with Gasteiger partial charge in [0, 0.05) is 0 Å². The Balaban J connectivity index is 4.84. The smallest absolute Gasteiger partial charge is 0.375 e. The molecule has 0 aliphatic rings. The summed E-state index contributed by atoms with van der Waals surface area (Å²) in [5.41, 5.74) is 0. The van der Waals surface area contributed by atoms with E-state index in [1.165, 1.54) is 6.92 Å². The molecule has 7 heteroatoms. The molecule has 0 saturated carbocycles. The SMILES string of the molecule is CCOC(=O)CC(C(=O)OCC)C(=O)C(=O)OCC. The third-order valence-corrected chi connectivity index (χ3v) is 2.04. The molecule has 1 unspecified atom stereocenters. The van der Waals surface area contributed by atoms with Crippen LogP contribution in [0.2, 0.25) is 0 Å². The van der Waals surface area contributed by atoms with Crippen molar-refractivity contribution < 1.29 is 33.4 Å². The van der Waals surface area contributed by atoms with E-state index in [1.54, 1.807) is 13.8 Å². The fraction of sp³-hybridized carbons (Fsp3) is 0.667. The molecule has 0 aliphatic heterocycles. The van der Waals surface area contributed by atoms with Crippen LogP contribution in [0.4, 0.5) is 0 Å². The molecule has 0 N–H and O–H groups in total. The van der Waals surface area contributed by atoms with Gasteiger partial charge in [-0.3, -0.25) is 14.4 Å². The summed E-state index contributed by atoms with van der Waals surface area (Å²) in [6.45, 7) is 4.81. The first-order valence-corrected chi connectivity index (χ1v) is 6.01. The molecule has 0 radical (unpaired) electrons. The first kappa shape index (κ1) is 17.1. The van der Waals surface area contributed by atoms with E-state index in [2.05, 4.69) is 14.2 Å². The molecule has 0 rings (SSSR count). The van der Waals surface area contributed by atoms with E-state index in [-0.39, 0.29) is 19.8 Å². The van der Waals surface area contributed by atoms with E-state index in [0.29, 0.717) is 0 Å². The maximum atomic E-state index is 11.7. The zero-order valence-electron chi connectivity index (χ0n) is 11.3. The summed E-state index contributed by atoms with van der Waals surface area (Å²) in [4.78, 5) is 45.9. The molecule has 0 aromatic rings. The number of esters is 3. The summed E-state index contributed by atoms with van der Waals surface area (Å²) in [5.74, 6) is -5.47. The largest absolute Gasteiger partial charge is 0.466 e. The molecule has 1 atom stereocenters. The van der Waals surface area contributed by atoms with E-state index in [9.17, 15) is 19.2 Å². The molecule has 0 amide bonds. The monoisotopic (exact) mass is 274 g/mol. The zero-order valence-corrected chi connectivity index (χ0v) is 11.3. The van der Waals surface area contributed by atoms with E-state index in [4.69, 9.17) is 0 Å². The Morgan fingerprint density at radius 3 is 1.84 bits per heavy atom. The highest BCUT2D eigenvalue weighted by molar-refractivity contribution is 6.38. The van der Waals surface area contributed by atoms with Gasteiger partial charge in [-0.05, 0) is 20.8 Å². The molecule has 0 aromatic carbocycles. The van der Waals surface area contributed by atoms with Crippen LogP contribution in [-0.2, 0) is 33.4 Å². The molecule has 19 heavy (non-hydrogen) atoms. The highest BCUT2D eigenvalue weighted by Crippen LogP contribution is 2.10. The summed E-state index contributed by atoms with van der Waals surface area (Å²) in [7, 11) is 0. The average molecular weight is 274 g/mol. The molecule has 0 saturated heterocycles. The predicted molar refractivity (Wildman–Crippen MR) is 63.0 cm³/mol. The lowest BCUT2D eigenvalue weighted by Gasteiger charge is -2.12. The van der Waals surface area contributed by atoms with Crippen molar-refractivity contribution in [3.8, 4) is 0 Å². The number of ether oxygens (including phenoxy) is 3. The fourth-order valence-corrected chi connectivity index (χ4v) is 1.26. The van der Waals surface area contributed by atoms with Gasteiger partial charge in [0.25, 0.3) is 5.78 Å². The number of ketones is 1. The van der Waals surface area contributed by atoms with Gasteiger partial charge in [-0.15, -0.1) is 0 Å². The Morgan fingerprint density at radius 1 is 0.842 bits per heavy atom. The maximum Gasteiger partial charge on any atom is 0.375 e. The lowest BCUT2D eigenvalue weighted by atomic mass is 10.0. The number of Topliss-reactive ketones (excluding diaryl/α,β-unsaturated/α-hetero) is 1. The topological polar surface area (TPSA) is 96.0 Å². The molecule has 0 bridgehead atoms. The Bertz CT molecular complexity index is 348. The number of hydrogen-bond acceptors (Lipinski definition) is 7. The van der Waals surface area contributed by atoms with Gasteiger partial charge in [0.15, 0.2) is 0 Å². The highest BCUT2D eigenvalue weighted by Gasteiger charge is 2.36. The summed E-state index contributed by atoms with van der Waals surface area (Å²) in [6.07, 6.45) is -0.537. The van der Waals surface area contributed by atoms with Gasteiger partial charge >= 0.3 is 17.9 Å². The van der Waals surface area contributed by atoms with Gasteiger partial charge < -0.3 is 14.2 Å². The standard InChI is InChI=1S/C12H18O7/c1-4-17-9(13)7-8(11(15)18-5-2)10(14)12(16)19-6-3/h8H,4-7H2,1-3H3. The van der Waals surface area contributed by atoms with Crippen LogP contribution in [-0.4, -0.2) is 43.5 Å². The van der Waals surface area contributed by atoms with Gasteiger partial charge in [0.05, 0.1) is 26.2 Å². The molecule has 108 valence electrons. The predicted octanol–water partition coefficient (Wildman–Crippen LogP) is 0.251. The molecule has 7 nitrogen and oxygen atoms in total. The Kier molecular flexibility index (Phi) is 8.15. The first-order chi connectivity index (χ1) is 8.97. The van der Waals surface area contributed by atoms with Gasteiger partial charge in [-0.25, -0.2) is 4.79 Å². The second-order valence-corrected chi connectivity index (χ2v) is 3.40. The molecule has 0 fully saturated rings. The first-order valence-electron chi connectivity index (χ1n) is 6.01. The molecular formula is C12H18O7. The Morgan fingerprint density at radius 2 is 1.37 bits per heavy atom. The van der Waals surface area contributed by atoms with Crippen LogP contribution in [0.1, 0.15) is 27.2 Å². The van der Waals surface area contributed by atoms with Crippen LogP contribution in [0.25, 0.3) is 0 Å². The van der Waals surface area contributed by atoms with Crippen molar-refractivity contribution in [2.45, 2.75) is 27.2 Å². The molecule has 0 heterocycles. The molecule has 0 aliphatic carbocycles. The van der Waals surface area contributed by atoms with Crippen molar-refractivity contribution in [2.24, 2.45) is 5.92 Å². The lowest BCUT2D eigenvalue weighted by molar-refractivity contribution is -0.164. The van der Waals surface area contributed by atoms with Gasteiger partial charge in [-0.1, -0.05) is 0 Å². The third kappa shape index (κ3) is 5.98. The fourth-order valence-electron chi connectivity index (χ4n) is 1.26. The van der Waals surface area contributed by atoms with Crippen LogP contribution in [0.3, 0.4) is 0 Å². The highest BCUT2D eigenvalue weighted by atomic mass is 16.5. The van der Waals surface area contributed by atoms with Crippen molar-refractivity contribution in [3.63, 3.8) is 0 Å². The van der Waals surface area contributed by atoms with E-state index < -0.39 is 36.0 Å². The number of carbonyl (C=O) groups is 4.